The lowest BCUT2D eigenvalue weighted by Crippen LogP contribution is -2.37. The number of nitrogens with one attached hydrogen (secondary N) is 1. The van der Waals surface area contributed by atoms with Gasteiger partial charge in [-0.1, -0.05) is 18.7 Å². The van der Waals surface area contributed by atoms with Gasteiger partial charge in [0.05, 0.1) is 6.54 Å². The van der Waals surface area contributed by atoms with Crippen molar-refractivity contribution in [2.24, 2.45) is 0 Å². The Labute approximate surface area is 134 Å². The first kappa shape index (κ1) is 15.0. The van der Waals surface area contributed by atoms with Gasteiger partial charge in [0.2, 0.25) is 5.91 Å². The molecule has 1 aromatic heterocycles. The van der Waals surface area contributed by atoms with E-state index in [4.69, 9.17) is 0 Å². The van der Waals surface area contributed by atoms with E-state index in [1.54, 1.807) is 11.1 Å². The lowest BCUT2D eigenvalue weighted by atomic mass is 10.2. The van der Waals surface area contributed by atoms with Crippen LogP contribution in [0.4, 0.5) is 5.69 Å². The van der Waals surface area contributed by atoms with Crippen LogP contribution in [0.1, 0.15) is 21.9 Å². The highest BCUT2D eigenvalue weighted by Crippen LogP contribution is 2.15. The molecule has 0 unspecified atom stereocenters. The average Bonchev–Trinajstić information content (AvgIpc) is 2.97. The largest absolute Gasteiger partial charge is 0.331 e. The lowest BCUT2D eigenvalue weighted by Gasteiger charge is -2.26. The van der Waals surface area contributed by atoms with Gasteiger partial charge in [-0.05, 0) is 30.7 Å². The maximum Gasteiger partial charge on any atom is 0.275 e. The van der Waals surface area contributed by atoms with Crippen molar-refractivity contribution in [2.45, 2.75) is 20.0 Å². The summed E-state index contributed by atoms with van der Waals surface area (Å²) in [6.45, 7) is 7.07. The van der Waals surface area contributed by atoms with Gasteiger partial charge in [0.1, 0.15) is 11.5 Å². The normalized spacial score (nSPS) is 13.3. The minimum Gasteiger partial charge on any atom is -0.331 e. The average molecular weight is 310 g/mol. The van der Waals surface area contributed by atoms with Crippen molar-refractivity contribution in [1.29, 1.82) is 0 Å². The van der Waals surface area contributed by atoms with Crippen LogP contribution in [0.3, 0.4) is 0 Å². The lowest BCUT2D eigenvalue weighted by molar-refractivity contribution is -0.127. The molecule has 6 nitrogen and oxygen atoms in total. The Hall–Kier alpha value is -2.89. The van der Waals surface area contributed by atoms with Crippen LogP contribution in [0.25, 0.3) is 0 Å². The minimum absolute atomic E-state index is 0.120. The first-order valence-electron chi connectivity index (χ1n) is 7.42. The number of hydrogen-bond acceptors (Lipinski definition) is 3. The SMILES string of the molecule is C=CC(=O)N1CCn2cc(C(=O)Nc3cccc(C)c3)nc2C1. The number of hydrogen-bond donors (Lipinski definition) is 1. The van der Waals surface area contributed by atoms with Gasteiger partial charge >= 0.3 is 0 Å². The zero-order chi connectivity index (χ0) is 16.4. The summed E-state index contributed by atoms with van der Waals surface area (Å²) in [5, 5.41) is 2.84. The van der Waals surface area contributed by atoms with Gasteiger partial charge in [0.15, 0.2) is 0 Å². The Morgan fingerprint density at radius 1 is 1.35 bits per heavy atom. The third kappa shape index (κ3) is 3.15. The second kappa shape index (κ2) is 6.08. The number of imidazole rings is 1. The van der Waals surface area contributed by atoms with Gasteiger partial charge in [-0.2, -0.15) is 0 Å². The molecule has 1 aliphatic rings. The second-order valence-electron chi connectivity index (χ2n) is 5.52. The molecular weight excluding hydrogens is 292 g/mol. The molecule has 2 amide bonds. The smallest absolute Gasteiger partial charge is 0.275 e. The Morgan fingerprint density at radius 2 is 2.17 bits per heavy atom. The number of carbonyl (C=O) groups is 2. The summed E-state index contributed by atoms with van der Waals surface area (Å²) in [7, 11) is 0. The molecule has 0 aliphatic carbocycles. The summed E-state index contributed by atoms with van der Waals surface area (Å²) < 4.78 is 1.91. The first-order valence-corrected chi connectivity index (χ1v) is 7.42. The molecule has 2 heterocycles. The Bertz CT molecular complexity index is 779. The number of rotatable bonds is 3. The van der Waals surface area contributed by atoms with E-state index in [1.807, 2.05) is 35.8 Å². The van der Waals surface area contributed by atoms with Gasteiger partial charge in [0.25, 0.3) is 5.91 Å². The van der Waals surface area contributed by atoms with Crippen molar-refractivity contribution in [1.82, 2.24) is 14.5 Å². The number of carbonyl (C=O) groups excluding carboxylic acids is 2. The molecule has 0 bridgehead atoms. The fourth-order valence-electron chi connectivity index (χ4n) is 2.60. The van der Waals surface area contributed by atoms with Crippen LogP contribution in [0.15, 0.2) is 43.1 Å². The molecular formula is C17H18N4O2. The van der Waals surface area contributed by atoms with E-state index in [0.717, 1.165) is 11.3 Å². The molecule has 0 saturated heterocycles. The summed E-state index contributed by atoms with van der Waals surface area (Å²) in [6.07, 6.45) is 3.03. The zero-order valence-corrected chi connectivity index (χ0v) is 13.0. The number of fused-ring (bicyclic) bond motifs is 1. The number of amides is 2. The summed E-state index contributed by atoms with van der Waals surface area (Å²) in [4.78, 5) is 30.0. The quantitative estimate of drug-likeness (QED) is 0.881. The van der Waals surface area contributed by atoms with Gasteiger partial charge in [-0.3, -0.25) is 9.59 Å². The van der Waals surface area contributed by atoms with Gasteiger partial charge in [0, 0.05) is 25.0 Å². The van der Waals surface area contributed by atoms with Crippen LogP contribution in [-0.2, 0) is 17.9 Å². The fraction of sp³-hybridized carbons (Fsp3) is 0.235. The minimum atomic E-state index is -0.251. The third-order valence-electron chi connectivity index (χ3n) is 3.80. The van der Waals surface area contributed by atoms with Gasteiger partial charge in [-0.15, -0.1) is 0 Å². The van der Waals surface area contributed by atoms with Crippen LogP contribution in [0.2, 0.25) is 0 Å². The van der Waals surface area contributed by atoms with Gasteiger partial charge < -0.3 is 14.8 Å². The molecule has 118 valence electrons. The molecule has 23 heavy (non-hydrogen) atoms. The van der Waals surface area contributed by atoms with Gasteiger partial charge in [-0.25, -0.2) is 4.98 Å². The number of nitrogens with zero attached hydrogens (tertiary/aromatic N) is 3. The molecule has 3 rings (SSSR count). The number of benzene rings is 1. The van der Waals surface area contributed by atoms with E-state index >= 15 is 0 Å². The van der Waals surface area contributed by atoms with Crippen LogP contribution < -0.4 is 5.32 Å². The van der Waals surface area contributed by atoms with E-state index in [1.165, 1.54) is 6.08 Å². The van der Waals surface area contributed by atoms with Crippen molar-refractivity contribution >= 4 is 17.5 Å². The van der Waals surface area contributed by atoms with Crippen LogP contribution in [0.5, 0.6) is 0 Å². The van der Waals surface area contributed by atoms with Crippen LogP contribution >= 0.6 is 0 Å². The Morgan fingerprint density at radius 3 is 2.91 bits per heavy atom. The highest BCUT2D eigenvalue weighted by atomic mass is 16.2. The highest BCUT2D eigenvalue weighted by Gasteiger charge is 2.22. The van der Waals surface area contributed by atoms with E-state index in [-0.39, 0.29) is 11.8 Å². The predicted molar refractivity (Wildman–Crippen MR) is 87.0 cm³/mol. The topological polar surface area (TPSA) is 67.2 Å². The third-order valence-corrected chi connectivity index (χ3v) is 3.80. The summed E-state index contributed by atoms with van der Waals surface area (Å²) >= 11 is 0. The van der Waals surface area contributed by atoms with Crippen molar-refractivity contribution in [3.05, 3.63) is 60.2 Å². The molecule has 0 atom stereocenters. The first-order chi connectivity index (χ1) is 11.1. The van der Waals surface area contributed by atoms with Crippen molar-refractivity contribution in [3.63, 3.8) is 0 Å². The molecule has 1 aromatic carbocycles. The summed E-state index contributed by atoms with van der Waals surface area (Å²) in [5.74, 6) is 0.338. The van der Waals surface area contributed by atoms with E-state index in [0.29, 0.717) is 31.2 Å². The second-order valence-corrected chi connectivity index (χ2v) is 5.52. The van der Waals surface area contributed by atoms with Crippen molar-refractivity contribution in [3.8, 4) is 0 Å². The molecule has 0 saturated carbocycles. The summed E-state index contributed by atoms with van der Waals surface area (Å²) in [5.41, 5.74) is 2.17. The summed E-state index contributed by atoms with van der Waals surface area (Å²) in [6, 6.07) is 7.60. The molecule has 0 fully saturated rings. The predicted octanol–water partition coefficient (Wildman–Crippen LogP) is 1.97. The Kier molecular flexibility index (Phi) is 3.97. The number of anilines is 1. The highest BCUT2D eigenvalue weighted by molar-refractivity contribution is 6.02. The maximum atomic E-state index is 12.3. The Balaban J connectivity index is 1.75. The van der Waals surface area contributed by atoms with E-state index in [2.05, 4.69) is 16.9 Å². The molecule has 0 spiro atoms. The zero-order valence-electron chi connectivity index (χ0n) is 13.0. The molecule has 0 radical (unpaired) electrons. The van der Waals surface area contributed by atoms with E-state index < -0.39 is 0 Å². The van der Waals surface area contributed by atoms with Crippen molar-refractivity contribution in [2.75, 3.05) is 11.9 Å². The molecule has 1 N–H and O–H groups in total. The van der Waals surface area contributed by atoms with E-state index in [9.17, 15) is 9.59 Å². The monoisotopic (exact) mass is 310 g/mol. The number of aryl methyl sites for hydroxylation is 1. The molecule has 2 aromatic rings. The maximum absolute atomic E-state index is 12.3. The standard InChI is InChI=1S/C17H18N4O2/c1-3-16(22)21-8-7-20-10-14(19-15(20)11-21)17(23)18-13-6-4-5-12(2)9-13/h3-6,9-10H,1,7-8,11H2,2H3,(H,18,23). The number of aromatic nitrogens is 2. The molecule has 6 heteroatoms. The molecule has 1 aliphatic heterocycles. The van der Waals surface area contributed by atoms with Crippen LogP contribution in [0, 0.1) is 6.92 Å². The fourth-order valence-corrected chi connectivity index (χ4v) is 2.60. The van der Waals surface area contributed by atoms with Crippen molar-refractivity contribution < 1.29 is 9.59 Å². The van der Waals surface area contributed by atoms with Crippen LogP contribution in [-0.4, -0.2) is 32.8 Å².